The predicted octanol–water partition coefficient (Wildman–Crippen LogP) is 4.25. The van der Waals surface area contributed by atoms with Crippen molar-refractivity contribution in [1.82, 2.24) is 4.98 Å². The summed E-state index contributed by atoms with van der Waals surface area (Å²) >= 11 is 5.91. The van der Waals surface area contributed by atoms with Crippen LogP contribution < -0.4 is 5.32 Å². The number of anilines is 2. The standard InChI is InChI=1S/C16H10ClF3N2O/c1-2-8-23-15(16(18,19)20)11-4-3-7-21-14(11)22-13-6-5-10(17)9-12(13)15/h1,3-7,9H,8H2,(H,21,22). The van der Waals surface area contributed by atoms with Crippen molar-refractivity contribution in [3.05, 3.63) is 52.7 Å². The Bertz CT molecular complexity index is 801. The minimum Gasteiger partial charge on any atom is -0.343 e. The molecule has 3 nitrogen and oxygen atoms in total. The Labute approximate surface area is 135 Å². The van der Waals surface area contributed by atoms with Gasteiger partial charge in [-0.3, -0.25) is 0 Å². The summed E-state index contributed by atoms with van der Waals surface area (Å²) in [5.41, 5.74) is -2.81. The maximum atomic E-state index is 14.1. The van der Waals surface area contributed by atoms with Crippen LogP contribution in [-0.2, 0) is 10.3 Å². The summed E-state index contributed by atoms with van der Waals surface area (Å²) in [6.45, 7) is -0.514. The number of rotatable bonds is 2. The van der Waals surface area contributed by atoms with Gasteiger partial charge in [0.15, 0.2) is 0 Å². The molecule has 1 unspecified atom stereocenters. The van der Waals surface area contributed by atoms with Crippen molar-refractivity contribution in [3.63, 3.8) is 0 Å². The molecule has 23 heavy (non-hydrogen) atoms. The number of nitrogens with zero attached hydrogens (tertiary/aromatic N) is 1. The number of fused-ring (bicyclic) bond motifs is 2. The zero-order valence-corrected chi connectivity index (χ0v) is 12.4. The number of benzene rings is 1. The fraction of sp³-hybridized carbons (Fsp3) is 0.188. The van der Waals surface area contributed by atoms with E-state index in [1.807, 2.05) is 0 Å². The van der Waals surface area contributed by atoms with Gasteiger partial charge < -0.3 is 10.1 Å². The third kappa shape index (κ3) is 2.33. The molecule has 1 atom stereocenters. The van der Waals surface area contributed by atoms with Gasteiger partial charge in [-0.2, -0.15) is 13.2 Å². The molecule has 0 saturated carbocycles. The summed E-state index contributed by atoms with van der Waals surface area (Å²) in [6.07, 6.45) is 1.76. The van der Waals surface area contributed by atoms with Gasteiger partial charge in [-0.25, -0.2) is 4.98 Å². The van der Waals surface area contributed by atoms with E-state index in [1.165, 1.54) is 36.5 Å². The van der Waals surface area contributed by atoms with E-state index in [2.05, 4.69) is 16.2 Å². The smallest absolute Gasteiger partial charge is 0.343 e. The maximum absolute atomic E-state index is 14.1. The molecule has 1 aliphatic rings. The lowest BCUT2D eigenvalue weighted by atomic mass is 9.82. The van der Waals surface area contributed by atoms with Crippen LogP contribution in [0.25, 0.3) is 0 Å². The first-order valence-electron chi connectivity index (χ1n) is 6.57. The first kappa shape index (κ1) is 15.7. The van der Waals surface area contributed by atoms with Crippen molar-refractivity contribution in [2.75, 3.05) is 11.9 Å². The van der Waals surface area contributed by atoms with Crippen LogP contribution in [0.2, 0.25) is 5.02 Å². The number of ether oxygens (including phenoxy) is 1. The highest BCUT2D eigenvalue weighted by Crippen LogP contribution is 2.54. The first-order chi connectivity index (χ1) is 10.9. The van der Waals surface area contributed by atoms with Gasteiger partial charge >= 0.3 is 6.18 Å². The molecule has 1 N–H and O–H groups in total. The van der Waals surface area contributed by atoms with E-state index < -0.39 is 18.4 Å². The van der Waals surface area contributed by atoms with Gasteiger partial charge in [-0.05, 0) is 24.3 Å². The van der Waals surface area contributed by atoms with Crippen LogP contribution in [0.15, 0.2) is 36.5 Å². The van der Waals surface area contributed by atoms with Crippen molar-refractivity contribution in [2.24, 2.45) is 0 Å². The highest BCUT2D eigenvalue weighted by Gasteiger charge is 2.62. The highest BCUT2D eigenvalue weighted by atomic mass is 35.5. The van der Waals surface area contributed by atoms with Crippen molar-refractivity contribution in [3.8, 4) is 12.3 Å². The maximum Gasteiger partial charge on any atom is 0.426 e. The number of alkyl halides is 3. The summed E-state index contributed by atoms with van der Waals surface area (Å²) in [7, 11) is 0. The Hall–Kier alpha value is -2.23. The zero-order valence-electron chi connectivity index (χ0n) is 11.6. The first-order valence-corrected chi connectivity index (χ1v) is 6.94. The lowest BCUT2D eigenvalue weighted by Crippen LogP contribution is -2.48. The number of terminal acetylenes is 1. The fourth-order valence-electron chi connectivity index (χ4n) is 2.67. The average Bonchev–Trinajstić information content (AvgIpc) is 2.50. The summed E-state index contributed by atoms with van der Waals surface area (Å²) in [4.78, 5) is 3.98. The molecule has 0 radical (unpaired) electrons. The lowest BCUT2D eigenvalue weighted by molar-refractivity contribution is -0.263. The molecule has 3 rings (SSSR count). The van der Waals surface area contributed by atoms with Crippen LogP contribution in [0.4, 0.5) is 24.7 Å². The van der Waals surface area contributed by atoms with E-state index in [9.17, 15) is 13.2 Å². The Morgan fingerprint density at radius 2 is 2.09 bits per heavy atom. The molecule has 0 bridgehead atoms. The number of hydrogen-bond acceptors (Lipinski definition) is 3. The molecule has 0 saturated heterocycles. The Morgan fingerprint density at radius 3 is 2.78 bits per heavy atom. The minimum absolute atomic E-state index is 0.0664. The number of halogens is 4. The van der Waals surface area contributed by atoms with Crippen LogP contribution >= 0.6 is 11.6 Å². The lowest BCUT2D eigenvalue weighted by Gasteiger charge is -2.40. The van der Waals surface area contributed by atoms with E-state index in [1.54, 1.807) is 0 Å². The van der Waals surface area contributed by atoms with E-state index >= 15 is 0 Å². The summed E-state index contributed by atoms with van der Waals surface area (Å²) in [5, 5.41) is 3.03. The third-order valence-corrected chi connectivity index (χ3v) is 3.81. The second-order valence-corrected chi connectivity index (χ2v) is 5.32. The zero-order chi connectivity index (χ0) is 16.7. The Kier molecular flexibility index (Phi) is 3.71. The van der Waals surface area contributed by atoms with Crippen LogP contribution in [-0.4, -0.2) is 17.8 Å². The number of hydrogen-bond donors (Lipinski definition) is 1. The molecule has 2 aromatic rings. The molecule has 0 fully saturated rings. The van der Waals surface area contributed by atoms with Crippen molar-refractivity contribution in [2.45, 2.75) is 11.8 Å². The number of pyridine rings is 1. The second-order valence-electron chi connectivity index (χ2n) is 4.89. The van der Waals surface area contributed by atoms with Crippen LogP contribution in [0, 0.1) is 12.3 Å². The molecule has 1 aromatic heterocycles. The molecule has 7 heteroatoms. The van der Waals surface area contributed by atoms with Crippen molar-refractivity contribution in [1.29, 1.82) is 0 Å². The Morgan fingerprint density at radius 1 is 1.30 bits per heavy atom. The van der Waals surface area contributed by atoms with Gasteiger partial charge in [0.1, 0.15) is 12.4 Å². The number of aromatic nitrogens is 1. The third-order valence-electron chi connectivity index (χ3n) is 3.57. The molecule has 1 aromatic carbocycles. The van der Waals surface area contributed by atoms with E-state index in [4.69, 9.17) is 22.8 Å². The molecule has 0 amide bonds. The largest absolute Gasteiger partial charge is 0.426 e. The van der Waals surface area contributed by atoms with E-state index in [0.717, 1.165) is 0 Å². The molecule has 0 spiro atoms. The van der Waals surface area contributed by atoms with Gasteiger partial charge in [0, 0.05) is 28.0 Å². The average molecular weight is 339 g/mol. The van der Waals surface area contributed by atoms with Crippen LogP contribution in [0.1, 0.15) is 11.1 Å². The van der Waals surface area contributed by atoms with Crippen LogP contribution in [0.3, 0.4) is 0 Å². The molecule has 2 heterocycles. The fourth-order valence-corrected chi connectivity index (χ4v) is 2.84. The van der Waals surface area contributed by atoms with Crippen LogP contribution in [0.5, 0.6) is 0 Å². The van der Waals surface area contributed by atoms with Gasteiger partial charge in [0.25, 0.3) is 0 Å². The molecule has 118 valence electrons. The SMILES string of the molecule is C#CCOC1(C(F)(F)F)c2cc(Cl)ccc2Nc2ncccc21. The molecular formula is C16H10ClF3N2O. The molecular weight excluding hydrogens is 329 g/mol. The summed E-state index contributed by atoms with van der Waals surface area (Å²) < 4.78 is 47.5. The highest BCUT2D eigenvalue weighted by molar-refractivity contribution is 6.30. The van der Waals surface area contributed by atoms with Gasteiger partial charge in [-0.1, -0.05) is 23.6 Å². The second kappa shape index (κ2) is 5.44. The normalized spacial score (nSPS) is 19.3. The predicted molar refractivity (Wildman–Crippen MR) is 80.6 cm³/mol. The van der Waals surface area contributed by atoms with E-state index in [-0.39, 0.29) is 27.7 Å². The van der Waals surface area contributed by atoms with Crippen molar-refractivity contribution < 1.29 is 17.9 Å². The van der Waals surface area contributed by atoms with Gasteiger partial charge in [0.05, 0.1) is 0 Å². The monoisotopic (exact) mass is 338 g/mol. The Balaban J connectivity index is 2.36. The summed E-state index contributed by atoms with van der Waals surface area (Å²) in [6, 6.07) is 6.89. The summed E-state index contributed by atoms with van der Waals surface area (Å²) in [5.74, 6) is 2.16. The van der Waals surface area contributed by atoms with Gasteiger partial charge in [0.2, 0.25) is 5.60 Å². The molecule has 1 aliphatic heterocycles. The van der Waals surface area contributed by atoms with E-state index in [0.29, 0.717) is 0 Å². The topological polar surface area (TPSA) is 34.1 Å². The van der Waals surface area contributed by atoms with Crippen molar-refractivity contribution >= 4 is 23.1 Å². The van der Waals surface area contributed by atoms with Gasteiger partial charge in [-0.15, -0.1) is 6.42 Å². The quantitative estimate of drug-likeness (QED) is 0.831. The molecule has 0 aliphatic carbocycles. The number of nitrogens with one attached hydrogen (secondary N) is 1. The minimum atomic E-state index is -4.76.